The summed E-state index contributed by atoms with van der Waals surface area (Å²) >= 11 is 3.53. The van der Waals surface area contributed by atoms with Crippen molar-refractivity contribution in [3.63, 3.8) is 0 Å². The summed E-state index contributed by atoms with van der Waals surface area (Å²) in [6.07, 6.45) is -1.03. The Morgan fingerprint density at radius 2 is 1.80 bits per heavy atom. The highest BCUT2D eigenvalue weighted by Crippen LogP contribution is 2.43. The zero-order valence-electron chi connectivity index (χ0n) is 15.8. The number of hydrogen-bond donors (Lipinski definition) is 1. The van der Waals surface area contributed by atoms with Crippen molar-refractivity contribution < 1.29 is 22.8 Å². The molecule has 4 rings (SSSR count). The van der Waals surface area contributed by atoms with Crippen molar-refractivity contribution >= 4 is 33.8 Å². The number of carbonyl (C=O) groups excluding carboxylic acids is 2. The van der Waals surface area contributed by atoms with Crippen LogP contribution in [0.5, 0.6) is 0 Å². The lowest BCUT2D eigenvalue weighted by Gasteiger charge is -2.40. The zero-order valence-corrected chi connectivity index (χ0v) is 17.4. The van der Waals surface area contributed by atoms with Crippen LogP contribution >= 0.6 is 15.9 Å². The van der Waals surface area contributed by atoms with Gasteiger partial charge in [-0.15, -0.1) is 0 Å². The second kappa shape index (κ2) is 7.58. The van der Waals surface area contributed by atoms with Crippen molar-refractivity contribution in [1.29, 1.82) is 0 Å². The van der Waals surface area contributed by atoms with E-state index in [-0.39, 0.29) is 17.4 Å². The molecule has 2 aliphatic heterocycles. The van der Waals surface area contributed by atoms with E-state index in [1.54, 1.807) is 11.0 Å². The number of nitrogens with one attached hydrogen (secondary N) is 1. The normalized spacial score (nSPS) is 18.0. The number of alkyl halides is 3. The molecule has 2 amide bonds. The SMILES string of the molecule is O=C1NC2(CCN(C(=O)/C=C/c3ccccc3C(F)(F)F)CC2)c2c(Br)cccc21. The third-order valence-corrected chi connectivity index (χ3v) is 6.35. The summed E-state index contributed by atoms with van der Waals surface area (Å²) < 4.78 is 40.2. The Labute approximate surface area is 179 Å². The molecule has 0 aliphatic carbocycles. The van der Waals surface area contributed by atoms with E-state index in [9.17, 15) is 22.8 Å². The Balaban J connectivity index is 1.48. The summed E-state index contributed by atoms with van der Waals surface area (Å²) in [5.74, 6) is -0.478. The van der Waals surface area contributed by atoms with Gasteiger partial charge in [-0.05, 0) is 42.7 Å². The van der Waals surface area contributed by atoms with Gasteiger partial charge in [-0.3, -0.25) is 9.59 Å². The van der Waals surface area contributed by atoms with E-state index in [2.05, 4.69) is 21.2 Å². The molecule has 1 spiro atoms. The number of nitrogens with zero attached hydrogens (tertiary/aromatic N) is 1. The molecule has 2 aromatic carbocycles. The molecule has 4 nitrogen and oxygen atoms in total. The summed E-state index contributed by atoms with van der Waals surface area (Å²) in [5, 5.41) is 3.07. The Hall–Kier alpha value is -2.61. The lowest BCUT2D eigenvalue weighted by atomic mass is 9.82. The van der Waals surface area contributed by atoms with Crippen LogP contribution in [-0.2, 0) is 16.5 Å². The maximum Gasteiger partial charge on any atom is 0.416 e. The number of carbonyl (C=O) groups is 2. The average Bonchev–Trinajstić information content (AvgIpc) is 2.99. The van der Waals surface area contributed by atoms with Gasteiger partial charge in [0, 0.05) is 34.8 Å². The van der Waals surface area contributed by atoms with Crippen molar-refractivity contribution in [2.45, 2.75) is 24.6 Å². The van der Waals surface area contributed by atoms with Crippen LogP contribution in [0.25, 0.3) is 6.08 Å². The monoisotopic (exact) mass is 478 g/mol. The Bertz CT molecular complexity index is 1040. The van der Waals surface area contributed by atoms with Crippen molar-refractivity contribution in [2.75, 3.05) is 13.1 Å². The first-order valence-corrected chi connectivity index (χ1v) is 10.3. The molecule has 2 aliphatic rings. The van der Waals surface area contributed by atoms with Crippen molar-refractivity contribution in [3.8, 4) is 0 Å². The molecular weight excluding hydrogens is 461 g/mol. The van der Waals surface area contributed by atoms with E-state index in [0.29, 0.717) is 31.5 Å². The predicted molar refractivity (Wildman–Crippen MR) is 110 cm³/mol. The summed E-state index contributed by atoms with van der Waals surface area (Å²) in [7, 11) is 0. The molecule has 156 valence electrons. The molecule has 0 saturated carbocycles. The molecular formula is C22H18BrF3N2O2. The van der Waals surface area contributed by atoms with Gasteiger partial charge in [-0.25, -0.2) is 0 Å². The molecule has 8 heteroatoms. The van der Waals surface area contributed by atoms with E-state index in [0.717, 1.165) is 16.1 Å². The molecule has 0 radical (unpaired) electrons. The number of rotatable bonds is 2. The minimum absolute atomic E-state index is 0.0484. The summed E-state index contributed by atoms with van der Waals surface area (Å²) in [5.41, 5.74) is 0.190. The first-order valence-electron chi connectivity index (χ1n) is 9.46. The van der Waals surface area contributed by atoms with E-state index in [1.165, 1.54) is 30.4 Å². The van der Waals surface area contributed by atoms with E-state index < -0.39 is 17.3 Å². The van der Waals surface area contributed by atoms with E-state index >= 15 is 0 Å². The number of benzene rings is 2. The van der Waals surface area contributed by atoms with Crippen LogP contribution in [0.1, 0.15) is 39.9 Å². The first kappa shape index (κ1) is 20.7. The molecule has 30 heavy (non-hydrogen) atoms. The van der Waals surface area contributed by atoms with Gasteiger partial charge in [-0.2, -0.15) is 13.2 Å². The lowest BCUT2D eigenvalue weighted by Crippen LogP contribution is -2.50. The van der Waals surface area contributed by atoms with Crippen molar-refractivity contribution in [1.82, 2.24) is 10.2 Å². The lowest BCUT2D eigenvalue weighted by molar-refractivity contribution is -0.137. The van der Waals surface area contributed by atoms with Crippen LogP contribution in [-0.4, -0.2) is 29.8 Å². The predicted octanol–water partition coefficient (Wildman–Crippen LogP) is 4.74. The molecule has 1 fully saturated rings. The van der Waals surface area contributed by atoms with Gasteiger partial charge < -0.3 is 10.2 Å². The van der Waals surface area contributed by atoms with Gasteiger partial charge in [0.15, 0.2) is 0 Å². The maximum atomic E-state index is 13.1. The highest BCUT2D eigenvalue weighted by atomic mass is 79.9. The number of amides is 2. The Morgan fingerprint density at radius 1 is 1.10 bits per heavy atom. The quantitative estimate of drug-likeness (QED) is 0.633. The number of piperidine rings is 1. The fourth-order valence-corrected chi connectivity index (χ4v) is 4.94. The van der Waals surface area contributed by atoms with Gasteiger partial charge in [0.2, 0.25) is 5.91 Å². The highest BCUT2D eigenvalue weighted by Gasteiger charge is 2.46. The zero-order chi connectivity index (χ0) is 21.5. The Kier molecular flexibility index (Phi) is 5.22. The molecule has 1 N–H and O–H groups in total. The van der Waals surface area contributed by atoms with Crippen LogP contribution in [0.2, 0.25) is 0 Å². The number of hydrogen-bond acceptors (Lipinski definition) is 2. The van der Waals surface area contributed by atoms with Crippen LogP contribution in [0.3, 0.4) is 0 Å². The number of fused-ring (bicyclic) bond motifs is 2. The standard InChI is InChI=1S/C22H18BrF3N2O2/c23-17-7-3-5-15-19(17)21(27-20(15)30)10-12-28(13-11-21)18(29)9-8-14-4-1-2-6-16(14)22(24,25)26/h1-9H,10-13H2,(H,27,30)/b9-8+. The summed E-state index contributed by atoms with van der Waals surface area (Å²) in [4.78, 5) is 26.5. The molecule has 0 bridgehead atoms. The first-order chi connectivity index (χ1) is 14.2. The highest BCUT2D eigenvalue weighted by molar-refractivity contribution is 9.10. The molecule has 2 aromatic rings. The molecule has 1 saturated heterocycles. The second-order valence-electron chi connectivity index (χ2n) is 7.44. The second-order valence-corrected chi connectivity index (χ2v) is 8.30. The van der Waals surface area contributed by atoms with Gasteiger partial charge in [-0.1, -0.05) is 40.2 Å². The van der Waals surface area contributed by atoms with Crippen LogP contribution in [0.15, 0.2) is 53.0 Å². The smallest absolute Gasteiger partial charge is 0.342 e. The van der Waals surface area contributed by atoms with Gasteiger partial charge in [0.25, 0.3) is 5.91 Å². The summed E-state index contributed by atoms with van der Waals surface area (Å²) in [6.45, 7) is 0.788. The number of halogens is 4. The van der Waals surface area contributed by atoms with Crippen LogP contribution in [0.4, 0.5) is 13.2 Å². The van der Waals surface area contributed by atoms with E-state index in [4.69, 9.17) is 0 Å². The topological polar surface area (TPSA) is 49.4 Å². The minimum Gasteiger partial charge on any atom is -0.342 e. The maximum absolute atomic E-state index is 13.1. The minimum atomic E-state index is -4.48. The van der Waals surface area contributed by atoms with Crippen molar-refractivity contribution in [3.05, 3.63) is 75.3 Å². The van der Waals surface area contributed by atoms with Crippen LogP contribution in [0, 0.1) is 0 Å². The molecule has 2 heterocycles. The van der Waals surface area contributed by atoms with Gasteiger partial charge in [0.1, 0.15) is 0 Å². The average molecular weight is 479 g/mol. The van der Waals surface area contributed by atoms with Crippen LogP contribution < -0.4 is 5.32 Å². The molecule has 0 unspecified atom stereocenters. The summed E-state index contributed by atoms with van der Waals surface area (Å²) in [6, 6.07) is 10.6. The van der Waals surface area contributed by atoms with E-state index in [1.807, 2.05) is 12.1 Å². The fraction of sp³-hybridized carbons (Fsp3) is 0.273. The Morgan fingerprint density at radius 3 is 2.50 bits per heavy atom. The molecule has 0 aromatic heterocycles. The third-order valence-electron chi connectivity index (χ3n) is 5.69. The van der Waals surface area contributed by atoms with Gasteiger partial charge >= 0.3 is 6.18 Å². The van der Waals surface area contributed by atoms with Gasteiger partial charge in [0.05, 0.1) is 11.1 Å². The fourth-order valence-electron chi connectivity index (χ4n) is 4.20. The third kappa shape index (κ3) is 3.64. The molecule has 0 atom stereocenters. The van der Waals surface area contributed by atoms with Crippen molar-refractivity contribution in [2.24, 2.45) is 0 Å². The largest absolute Gasteiger partial charge is 0.416 e. The number of likely N-dealkylation sites (tertiary alicyclic amines) is 1.